The van der Waals surface area contributed by atoms with Gasteiger partial charge in [0.2, 0.25) is 11.8 Å². The Kier molecular flexibility index (Phi) is 7.12. The zero-order chi connectivity index (χ0) is 15.8. The van der Waals surface area contributed by atoms with E-state index in [0.717, 1.165) is 39.0 Å². The number of ether oxygens (including phenoxy) is 1. The summed E-state index contributed by atoms with van der Waals surface area (Å²) in [4.78, 5) is 30.3. The lowest BCUT2D eigenvalue weighted by atomic mass is 10.2. The standard InChI is InChI=1S/C16H29N3O3/c1-2-22-14-16(21)19-11-9-17(10-12-19)13-15(20)18-7-5-3-4-6-8-18/h2-14H2,1H3. The summed E-state index contributed by atoms with van der Waals surface area (Å²) in [6.07, 6.45) is 4.74. The second-order valence-electron chi connectivity index (χ2n) is 6.09. The van der Waals surface area contributed by atoms with Crippen LogP contribution in [0, 0.1) is 0 Å². The Morgan fingerprint density at radius 3 is 2.00 bits per heavy atom. The molecule has 0 aromatic heterocycles. The Bertz CT molecular complexity index is 360. The summed E-state index contributed by atoms with van der Waals surface area (Å²) in [6, 6.07) is 0. The smallest absolute Gasteiger partial charge is 0.248 e. The van der Waals surface area contributed by atoms with Gasteiger partial charge in [0, 0.05) is 45.9 Å². The second kappa shape index (κ2) is 9.10. The molecule has 2 aliphatic heterocycles. The molecule has 0 unspecified atom stereocenters. The molecule has 2 amide bonds. The Morgan fingerprint density at radius 1 is 0.818 bits per heavy atom. The van der Waals surface area contributed by atoms with E-state index >= 15 is 0 Å². The number of amides is 2. The topological polar surface area (TPSA) is 53.1 Å². The Balaban J connectivity index is 1.70. The minimum atomic E-state index is 0.0559. The molecule has 0 aromatic rings. The molecule has 2 rings (SSSR count). The van der Waals surface area contributed by atoms with Gasteiger partial charge in [-0.1, -0.05) is 12.8 Å². The van der Waals surface area contributed by atoms with Gasteiger partial charge in [-0.3, -0.25) is 14.5 Å². The molecule has 0 atom stereocenters. The van der Waals surface area contributed by atoms with Crippen LogP contribution in [0.15, 0.2) is 0 Å². The molecule has 0 spiro atoms. The summed E-state index contributed by atoms with van der Waals surface area (Å²) in [5, 5.41) is 0. The van der Waals surface area contributed by atoms with Crippen molar-refractivity contribution in [1.29, 1.82) is 0 Å². The van der Waals surface area contributed by atoms with Crippen LogP contribution < -0.4 is 0 Å². The maximum atomic E-state index is 12.4. The van der Waals surface area contributed by atoms with Crippen molar-refractivity contribution in [2.24, 2.45) is 0 Å². The van der Waals surface area contributed by atoms with Crippen LogP contribution in [-0.2, 0) is 14.3 Å². The molecule has 6 heteroatoms. The molecule has 0 aliphatic carbocycles. The van der Waals surface area contributed by atoms with Gasteiger partial charge in [-0.25, -0.2) is 0 Å². The van der Waals surface area contributed by atoms with E-state index in [-0.39, 0.29) is 18.4 Å². The molecule has 2 fully saturated rings. The fourth-order valence-corrected chi connectivity index (χ4v) is 3.05. The van der Waals surface area contributed by atoms with Crippen molar-refractivity contribution in [2.45, 2.75) is 32.6 Å². The van der Waals surface area contributed by atoms with Crippen molar-refractivity contribution in [1.82, 2.24) is 14.7 Å². The zero-order valence-corrected chi connectivity index (χ0v) is 13.8. The van der Waals surface area contributed by atoms with Gasteiger partial charge < -0.3 is 14.5 Å². The summed E-state index contributed by atoms with van der Waals surface area (Å²) >= 11 is 0. The van der Waals surface area contributed by atoms with E-state index < -0.39 is 0 Å². The van der Waals surface area contributed by atoms with Crippen molar-refractivity contribution >= 4 is 11.8 Å². The van der Waals surface area contributed by atoms with Gasteiger partial charge in [0.05, 0.1) is 6.54 Å². The number of nitrogens with zero attached hydrogens (tertiary/aromatic N) is 3. The third-order valence-electron chi connectivity index (χ3n) is 4.47. The van der Waals surface area contributed by atoms with Crippen molar-refractivity contribution in [3.8, 4) is 0 Å². The van der Waals surface area contributed by atoms with Gasteiger partial charge in [0.25, 0.3) is 0 Å². The maximum Gasteiger partial charge on any atom is 0.248 e. The Morgan fingerprint density at radius 2 is 1.41 bits per heavy atom. The highest BCUT2D eigenvalue weighted by atomic mass is 16.5. The van der Waals surface area contributed by atoms with Crippen LogP contribution >= 0.6 is 0 Å². The normalized spacial score (nSPS) is 20.8. The molecular formula is C16H29N3O3. The van der Waals surface area contributed by atoms with Crippen LogP contribution in [-0.4, -0.2) is 85.5 Å². The maximum absolute atomic E-state index is 12.4. The van der Waals surface area contributed by atoms with Crippen LogP contribution in [0.1, 0.15) is 32.6 Å². The lowest BCUT2D eigenvalue weighted by molar-refractivity contribution is -0.138. The number of likely N-dealkylation sites (tertiary alicyclic amines) is 1. The number of hydrogen-bond acceptors (Lipinski definition) is 4. The number of hydrogen-bond donors (Lipinski definition) is 0. The first-order chi connectivity index (χ1) is 10.7. The molecule has 2 heterocycles. The highest BCUT2D eigenvalue weighted by molar-refractivity contribution is 5.79. The molecular weight excluding hydrogens is 282 g/mol. The van der Waals surface area contributed by atoms with Gasteiger partial charge in [-0.05, 0) is 19.8 Å². The fourth-order valence-electron chi connectivity index (χ4n) is 3.05. The van der Waals surface area contributed by atoms with Crippen LogP contribution in [0.2, 0.25) is 0 Å². The highest BCUT2D eigenvalue weighted by Gasteiger charge is 2.24. The van der Waals surface area contributed by atoms with E-state index in [1.165, 1.54) is 12.8 Å². The first-order valence-corrected chi connectivity index (χ1v) is 8.56. The number of piperazine rings is 1. The van der Waals surface area contributed by atoms with Crippen molar-refractivity contribution in [2.75, 3.05) is 59.0 Å². The van der Waals surface area contributed by atoms with Gasteiger partial charge in [0.1, 0.15) is 6.61 Å². The third-order valence-corrected chi connectivity index (χ3v) is 4.47. The second-order valence-corrected chi connectivity index (χ2v) is 6.09. The van der Waals surface area contributed by atoms with Gasteiger partial charge in [0.15, 0.2) is 0 Å². The lowest BCUT2D eigenvalue weighted by Gasteiger charge is -2.35. The summed E-state index contributed by atoms with van der Waals surface area (Å²) < 4.78 is 5.17. The largest absolute Gasteiger partial charge is 0.372 e. The monoisotopic (exact) mass is 311 g/mol. The molecule has 22 heavy (non-hydrogen) atoms. The summed E-state index contributed by atoms with van der Waals surface area (Å²) in [5.41, 5.74) is 0. The molecule has 0 radical (unpaired) electrons. The van der Waals surface area contributed by atoms with Gasteiger partial charge >= 0.3 is 0 Å². The van der Waals surface area contributed by atoms with E-state index in [2.05, 4.69) is 4.90 Å². The van der Waals surface area contributed by atoms with E-state index in [9.17, 15) is 9.59 Å². The fraction of sp³-hybridized carbons (Fsp3) is 0.875. The molecule has 2 saturated heterocycles. The number of rotatable bonds is 5. The molecule has 2 aliphatic rings. The van der Waals surface area contributed by atoms with Crippen molar-refractivity contribution in [3.05, 3.63) is 0 Å². The quantitative estimate of drug-likeness (QED) is 0.745. The third kappa shape index (κ3) is 5.25. The minimum Gasteiger partial charge on any atom is -0.372 e. The molecule has 0 aromatic carbocycles. The molecule has 0 N–H and O–H groups in total. The molecule has 126 valence electrons. The highest BCUT2D eigenvalue weighted by Crippen LogP contribution is 2.11. The first-order valence-electron chi connectivity index (χ1n) is 8.56. The number of carbonyl (C=O) groups excluding carboxylic acids is 2. The average Bonchev–Trinajstić information content (AvgIpc) is 2.82. The van der Waals surface area contributed by atoms with Crippen LogP contribution in [0.3, 0.4) is 0 Å². The predicted octanol–water partition coefficient (Wildman–Crippen LogP) is 0.570. The van der Waals surface area contributed by atoms with Gasteiger partial charge in [-0.2, -0.15) is 0 Å². The Labute approximate surface area is 133 Å². The van der Waals surface area contributed by atoms with E-state index in [1.807, 2.05) is 16.7 Å². The summed E-state index contributed by atoms with van der Waals surface area (Å²) in [7, 11) is 0. The molecule has 6 nitrogen and oxygen atoms in total. The van der Waals surface area contributed by atoms with E-state index in [4.69, 9.17) is 4.74 Å². The average molecular weight is 311 g/mol. The minimum absolute atomic E-state index is 0.0559. The summed E-state index contributed by atoms with van der Waals surface area (Å²) in [5.74, 6) is 0.302. The number of carbonyl (C=O) groups is 2. The van der Waals surface area contributed by atoms with Crippen LogP contribution in [0.25, 0.3) is 0 Å². The van der Waals surface area contributed by atoms with Crippen molar-refractivity contribution < 1.29 is 14.3 Å². The zero-order valence-electron chi connectivity index (χ0n) is 13.8. The Hall–Kier alpha value is -1.14. The molecule has 0 bridgehead atoms. The molecule has 0 saturated carbocycles. The van der Waals surface area contributed by atoms with Crippen LogP contribution in [0.5, 0.6) is 0 Å². The first kappa shape index (κ1) is 17.2. The SMILES string of the molecule is CCOCC(=O)N1CCN(CC(=O)N2CCCCCC2)CC1. The summed E-state index contributed by atoms with van der Waals surface area (Å²) in [6.45, 7) is 7.87. The lowest BCUT2D eigenvalue weighted by Crippen LogP contribution is -2.52. The van der Waals surface area contributed by atoms with E-state index in [0.29, 0.717) is 26.2 Å². The van der Waals surface area contributed by atoms with Crippen LogP contribution in [0.4, 0.5) is 0 Å². The van der Waals surface area contributed by atoms with E-state index in [1.54, 1.807) is 0 Å². The van der Waals surface area contributed by atoms with Gasteiger partial charge in [-0.15, -0.1) is 0 Å². The van der Waals surface area contributed by atoms with Crippen molar-refractivity contribution in [3.63, 3.8) is 0 Å². The predicted molar refractivity (Wildman–Crippen MR) is 84.6 cm³/mol.